The molecule has 1 heterocycles. The van der Waals surface area contributed by atoms with Crippen molar-refractivity contribution in [2.75, 3.05) is 7.11 Å². The molecule has 1 amide bonds. The van der Waals surface area contributed by atoms with Crippen molar-refractivity contribution in [3.8, 4) is 0 Å². The lowest BCUT2D eigenvalue weighted by molar-refractivity contribution is -0.168. The van der Waals surface area contributed by atoms with Gasteiger partial charge in [0.25, 0.3) is 0 Å². The van der Waals surface area contributed by atoms with E-state index >= 15 is 0 Å². The van der Waals surface area contributed by atoms with Crippen molar-refractivity contribution in [3.63, 3.8) is 0 Å². The second kappa shape index (κ2) is 9.93. The molecule has 0 aromatic heterocycles. The number of likely N-dealkylation sites (tertiary alicyclic amines) is 1. The summed E-state index contributed by atoms with van der Waals surface area (Å²) in [5.41, 5.74) is 0.398. The number of ether oxygens (including phenoxy) is 1. The van der Waals surface area contributed by atoms with E-state index in [-0.39, 0.29) is 15.8 Å². The summed E-state index contributed by atoms with van der Waals surface area (Å²) in [4.78, 5) is 27.2. The Balaban J connectivity index is 2.46. The summed E-state index contributed by atoms with van der Waals surface area (Å²) in [7, 11) is -4.15. The zero-order chi connectivity index (χ0) is 25.4. The second-order valence-electron chi connectivity index (χ2n) is 9.88. The van der Waals surface area contributed by atoms with Crippen LogP contribution in [0.1, 0.15) is 34.6 Å². The standard InChI is InChI=1S/C23H35NO6S2Si/c1-15(2)19(22(26)29-7)24-20(25)18(16(3)30-33(8,9)23(4,5)6)21(24)31-32(27,28)17-13-11-10-12-14-17/h10-14,16,18-19,21H,1H2,2-9H3/t16-,18?,19?,21?/m1/s1. The fraction of sp³-hybridized carbons (Fsp3) is 0.565. The number of amides is 1. The number of β-lactam (4-membered cyclic amide) rings is 1. The van der Waals surface area contributed by atoms with E-state index in [1.54, 1.807) is 32.0 Å². The molecule has 1 aliphatic rings. The topological polar surface area (TPSA) is 90.0 Å². The van der Waals surface area contributed by atoms with Gasteiger partial charge in [-0.25, -0.2) is 13.2 Å². The van der Waals surface area contributed by atoms with Crippen LogP contribution in [0.3, 0.4) is 0 Å². The van der Waals surface area contributed by atoms with Crippen LogP contribution in [0.15, 0.2) is 47.4 Å². The molecule has 1 aromatic carbocycles. The molecule has 2 rings (SSSR count). The lowest BCUT2D eigenvalue weighted by Crippen LogP contribution is -2.68. The molecule has 0 N–H and O–H groups in total. The minimum Gasteiger partial charge on any atom is -0.467 e. The van der Waals surface area contributed by atoms with E-state index in [0.29, 0.717) is 16.4 Å². The summed E-state index contributed by atoms with van der Waals surface area (Å²) < 4.78 is 37.7. The van der Waals surface area contributed by atoms with Crippen LogP contribution in [-0.2, 0) is 27.6 Å². The molecule has 0 spiro atoms. The fourth-order valence-corrected chi connectivity index (χ4v) is 8.62. The van der Waals surface area contributed by atoms with Crippen molar-refractivity contribution >= 4 is 39.9 Å². The molecule has 0 radical (unpaired) electrons. The van der Waals surface area contributed by atoms with Crippen LogP contribution >= 0.6 is 10.8 Å². The monoisotopic (exact) mass is 513 g/mol. The molecule has 3 unspecified atom stereocenters. The molecule has 1 aliphatic heterocycles. The quantitative estimate of drug-likeness (QED) is 0.159. The van der Waals surface area contributed by atoms with Gasteiger partial charge in [0.2, 0.25) is 14.8 Å². The van der Waals surface area contributed by atoms with Gasteiger partial charge in [-0.2, -0.15) is 0 Å². The SMILES string of the molecule is C=C(C)C(C(=O)OC)N1C(=O)C([C@@H](C)O[Si](C)(C)C(C)(C)C)C1SS(=O)(=O)c1ccccc1. The Bertz CT molecular complexity index is 1000. The van der Waals surface area contributed by atoms with Gasteiger partial charge in [0.15, 0.2) is 14.4 Å². The number of methoxy groups -OCH3 is 1. The highest BCUT2D eigenvalue weighted by Gasteiger charge is 2.58. The van der Waals surface area contributed by atoms with Crippen LogP contribution in [-0.4, -0.2) is 58.1 Å². The predicted octanol–water partition coefficient (Wildman–Crippen LogP) is 4.42. The Morgan fingerprint density at radius 1 is 1.21 bits per heavy atom. The summed E-state index contributed by atoms with van der Waals surface area (Å²) in [5.74, 6) is -1.73. The van der Waals surface area contributed by atoms with Crippen molar-refractivity contribution < 1.29 is 27.2 Å². The summed E-state index contributed by atoms with van der Waals surface area (Å²) >= 11 is 0. The minimum atomic E-state index is -3.81. The average Bonchev–Trinajstić information content (AvgIpc) is 2.70. The van der Waals surface area contributed by atoms with Gasteiger partial charge in [-0.05, 0) is 60.5 Å². The Kier molecular flexibility index (Phi) is 8.31. The third kappa shape index (κ3) is 5.72. The summed E-state index contributed by atoms with van der Waals surface area (Å²) in [6.45, 7) is 17.7. The number of esters is 1. The summed E-state index contributed by atoms with van der Waals surface area (Å²) in [6.07, 6.45) is -0.526. The highest BCUT2D eigenvalue weighted by Crippen LogP contribution is 2.47. The van der Waals surface area contributed by atoms with E-state index in [0.717, 1.165) is 0 Å². The van der Waals surface area contributed by atoms with Crippen LogP contribution in [0.2, 0.25) is 18.1 Å². The number of benzene rings is 1. The Morgan fingerprint density at radius 3 is 2.21 bits per heavy atom. The van der Waals surface area contributed by atoms with Crippen LogP contribution in [0.4, 0.5) is 0 Å². The van der Waals surface area contributed by atoms with E-state index < -0.39 is 46.6 Å². The van der Waals surface area contributed by atoms with Crippen LogP contribution in [0, 0.1) is 5.92 Å². The Hall–Kier alpha value is -1.62. The van der Waals surface area contributed by atoms with Gasteiger partial charge < -0.3 is 14.1 Å². The maximum atomic E-state index is 13.3. The van der Waals surface area contributed by atoms with E-state index in [2.05, 4.69) is 40.4 Å². The molecule has 7 nitrogen and oxygen atoms in total. The average molecular weight is 514 g/mol. The Morgan fingerprint density at radius 2 is 1.76 bits per heavy atom. The molecule has 10 heteroatoms. The van der Waals surface area contributed by atoms with Crippen LogP contribution < -0.4 is 0 Å². The van der Waals surface area contributed by atoms with Crippen LogP contribution in [0.25, 0.3) is 0 Å². The molecule has 33 heavy (non-hydrogen) atoms. The zero-order valence-corrected chi connectivity index (χ0v) is 23.2. The van der Waals surface area contributed by atoms with Crippen molar-refractivity contribution in [2.24, 2.45) is 5.92 Å². The maximum Gasteiger partial charge on any atom is 0.332 e. The van der Waals surface area contributed by atoms with Gasteiger partial charge in [-0.1, -0.05) is 45.5 Å². The number of rotatable bonds is 9. The highest BCUT2D eigenvalue weighted by atomic mass is 33.1. The first-order valence-corrected chi connectivity index (χ1v) is 16.6. The molecule has 0 saturated carbocycles. The van der Waals surface area contributed by atoms with E-state index in [9.17, 15) is 18.0 Å². The van der Waals surface area contributed by atoms with E-state index in [4.69, 9.17) is 9.16 Å². The van der Waals surface area contributed by atoms with Crippen molar-refractivity contribution in [3.05, 3.63) is 42.5 Å². The third-order valence-corrected chi connectivity index (χ3v) is 14.7. The summed E-state index contributed by atoms with van der Waals surface area (Å²) in [6, 6.07) is 6.96. The van der Waals surface area contributed by atoms with Gasteiger partial charge in [0.05, 0.1) is 24.0 Å². The van der Waals surface area contributed by atoms with Crippen molar-refractivity contribution in [1.29, 1.82) is 0 Å². The molecule has 1 saturated heterocycles. The van der Waals surface area contributed by atoms with Gasteiger partial charge in [0.1, 0.15) is 5.37 Å². The van der Waals surface area contributed by atoms with Gasteiger partial charge in [-0.15, -0.1) is 0 Å². The fourth-order valence-electron chi connectivity index (χ4n) is 3.47. The molecule has 0 bridgehead atoms. The Labute approximate surface area is 202 Å². The zero-order valence-electron chi connectivity index (χ0n) is 20.6. The molecule has 4 atom stereocenters. The number of hydrogen-bond acceptors (Lipinski definition) is 7. The van der Waals surface area contributed by atoms with Crippen LogP contribution in [0.5, 0.6) is 0 Å². The first-order chi connectivity index (χ1) is 15.0. The highest BCUT2D eigenvalue weighted by molar-refractivity contribution is 8.72. The molecular weight excluding hydrogens is 478 g/mol. The van der Waals surface area contributed by atoms with Gasteiger partial charge in [0, 0.05) is 0 Å². The van der Waals surface area contributed by atoms with Gasteiger partial charge >= 0.3 is 5.97 Å². The third-order valence-electron chi connectivity index (χ3n) is 6.34. The number of carbonyl (C=O) groups is 2. The van der Waals surface area contributed by atoms with Gasteiger partial charge in [-0.3, -0.25) is 4.79 Å². The van der Waals surface area contributed by atoms with Crippen molar-refractivity contribution in [1.82, 2.24) is 4.90 Å². The largest absolute Gasteiger partial charge is 0.467 e. The number of nitrogens with zero attached hydrogens (tertiary/aromatic N) is 1. The number of carbonyl (C=O) groups excluding carboxylic acids is 2. The van der Waals surface area contributed by atoms with E-state index in [1.165, 1.54) is 24.1 Å². The second-order valence-corrected chi connectivity index (χ2v) is 18.6. The maximum absolute atomic E-state index is 13.3. The molecule has 184 valence electrons. The minimum absolute atomic E-state index is 0.0846. The van der Waals surface area contributed by atoms with Crippen molar-refractivity contribution in [2.45, 2.75) is 75.2 Å². The molecule has 1 aromatic rings. The normalized spacial score (nSPS) is 21.2. The summed E-state index contributed by atoms with van der Waals surface area (Å²) in [5, 5.41) is -0.915. The lowest BCUT2D eigenvalue weighted by Gasteiger charge is -2.52. The first kappa shape index (κ1) is 27.6. The molecule has 0 aliphatic carbocycles. The number of hydrogen-bond donors (Lipinski definition) is 0. The van der Waals surface area contributed by atoms with E-state index in [1.807, 2.05) is 0 Å². The predicted molar refractivity (Wildman–Crippen MR) is 134 cm³/mol. The smallest absolute Gasteiger partial charge is 0.332 e. The molecule has 1 fully saturated rings. The lowest BCUT2D eigenvalue weighted by atomic mass is 9.89. The first-order valence-electron chi connectivity index (χ1n) is 10.8. The molecular formula is C23H35NO6S2Si.